The topological polar surface area (TPSA) is 102 Å². The van der Waals surface area contributed by atoms with Gasteiger partial charge in [0.05, 0.1) is 6.04 Å². The number of aliphatic carboxylic acids is 1. The van der Waals surface area contributed by atoms with Crippen LogP contribution >= 0.6 is 12.4 Å². The zero-order valence-corrected chi connectivity index (χ0v) is 10.6. The van der Waals surface area contributed by atoms with Gasteiger partial charge in [0, 0.05) is 0 Å². The van der Waals surface area contributed by atoms with Crippen LogP contribution in [-0.2, 0) is 9.53 Å². The van der Waals surface area contributed by atoms with Gasteiger partial charge >= 0.3 is 12.1 Å². The number of rotatable bonds is 3. The molecular weight excluding hydrogens is 236 g/mol. The Balaban J connectivity index is 0. The second kappa shape index (κ2) is 6.55. The number of carboxylic acids is 1. The Morgan fingerprint density at radius 1 is 1.38 bits per heavy atom. The molecule has 0 aliphatic rings. The molecule has 1 amide bonds. The van der Waals surface area contributed by atoms with E-state index in [-0.39, 0.29) is 12.4 Å². The van der Waals surface area contributed by atoms with Crippen LogP contribution in [0.1, 0.15) is 27.7 Å². The molecule has 0 aromatic heterocycles. The van der Waals surface area contributed by atoms with Crippen LogP contribution < -0.4 is 11.1 Å². The number of carbonyl (C=O) groups excluding carboxylic acids is 1. The van der Waals surface area contributed by atoms with Gasteiger partial charge in [-0.15, -0.1) is 12.4 Å². The van der Waals surface area contributed by atoms with E-state index < -0.39 is 29.7 Å². The lowest BCUT2D eigenvalue weighted by Gasteiger charge is -2.23. The molecule has 0 heterocycles. The number of carbonyl (C=O) groups is 2. The van der Waals surface area contributed by atoms with Crippen molar-refractivity contribution in [3.8, 4) is 0 Å². The number of amides is 1. The molecule has 2 unspecified atom stereocenters. The Morgan fingerprint density at radius 3 is 2.12 bits per heavy atom. The highest BCUT2D eigenvalue weighted by molar-refractivity contribution is 5.85. The Labute approximate surface area is 101 Å². The summed E-state index contributed by atoms with van der Waals surface area (Å²) >= 11 is 0. The highest BCUT2D eigenvalue weighted by Crippen LogP contribution is 2.06. The summed E-state index contributed by atoms with van der Waals surface area (Å²) in [6.45, 7) is 6.65. The van der Waals surface area contributed by atoms with Gasteiger partial charge in [-0.2, -0.15) is 0 Å². The first-order valence-electron chi connectivity index (χ1n) is 4.61. The van der Waals surface area contributed by atoms with Gasteiger partial charge in [0.1, 0.15) is 11.6 Å². The summed E-state index contributed by atoms with van der Waals surface area (Å²) in [5, 5.41) is 10.9. The highest BCUT2D eigenvalue weighted by atomic mass is 35.5. The number of ether oxygens (including phenoxy) is 1. The molecule has 0 aromatic carbocycles. The first-order valence-corrected chi connectivity index (χ1v) is 4.61. The predicted octanol–water partition coefficient (Wildman–Crippen LogP) is 0.733. The van der Waals surface area contributed by atoms with Crippen molar-refractivity contribution in [3.63, 3.8) is 0 Å². The Hall–Kier alpha value is -1.01. The largest absolute Gasteiger partial charge is 0.480 e. The molecule has 4 N–H and O–H groups in total. The van der Waals surface area contributed by atoms with Crippen LogP contribution in [0, 0.1) is 0 Å². The lowest BCUT2D eigenvalue weighted by atomic mass is 10.1. The molecule has 7 heteroatoms. The molecule has 0 rings (SSSR count). The molecule has 0 spiro atoms. The Bertz CT molecular complexity index is 252. The van der Waals surface area contributed by atoms with E-state index in [9.17, 15) is 9.59 Å². The van der Waals surface area contributed by atoms with Crippen molar-refractivity contribution in [2.75, 3.05) is 0 Å². The zero-order chi connectivity index (χ0) is 12.2. The van der Waals surface area contributed by atoms with Crippen LogP contribution in [0.5, 0.6) is 0 Å². The third-order valence-electron chi connectivity index (χ3n) is 1.57. The van der Waals surface area contributed by atoms with Crippen molar-refractivity contribution in [3.05, 3.63) is 0 Å². The van der Waals surface area contributed by atoms with Crippen LogP contribution in [0.15, 0.2) is 0 Å². The maximum atomic E-state index is 11.2. The van der Waals surface area contributed by atoms with Crippen LogP contribution in [0.2, 0.25) is 0 Å². The highest BCUT2D eigenvalue weighted by Gasteiger charge is 2.24. The first-order chi connectivity index (χ1) is 6.63. The normalized spacial score (nSPS) is 14.3. The molecule has 0 saturated carbocycles. The Kier molecular flexibility index (Phi) is 7.11. The molecule has 96 valence electrons. The van der Waals surface area contributed by atoms with E-state index in [0.29, 0.717) is 0 Å². The molecule has 0 saturated heterocycles. The smallest absolute Gasteiger partial charge is 0.407 e. The average molecular weight is 255 g/mol. The van der Waals surface area contributed by atoms with Crippen molar-refractivity contribution >= 4 is 24.5 Å². The van der Waals surface area contributed by atoms with Gasteiger partial charge in [-0.25, -0.2) is 4.79 Å². The number of nitrogens with one attached hydrogen (secondary N) is 1. The lowest BCUT2D eigenvalue weighted by Crippen LogP contribution is -2.50. The summed E-state index contributed by atoms with van der Waals surface area (Å²) in [5.41, 5.74) is 4.69. The number of nitrogens with two attached hydrogens (primary N) is 1. The maximum absolute atomic E-state index is 11.2. The maximum Gasteiger partial charge on any atom is 0.407 e. The van der Waals surface area contributed by atoms with Crippen molar-refractivity contribution in [1.82, 2.24) is 5.32 Å². The number of carboxylic acid groups (broad SMARTS) is 1. The molecule has 0 aromatic rings. The minimum Gasteiger partial charge on any atom is -0.480 e. The summed E-state index contributed by atoms with van der Waals surface area (Å²) < 4.78 is 4.94. The molecule has 0 radical (unpaired) electrons. The van der Waals surface area contributed by atoms with Gasteiger partial charge in [0.25, 0.3) is 0 Å². The molecule has 0 aliphatic carbocycles. The van der Waals surface area contributed by atoms with E-state index in [1.165, 1.54) is 6.92 Å². The SMILES string of the molecule is CC(NC(=O)OC(C)(C)C)C(N)C(=O)O.Cl. The Morgan fingerprint density at radius 2 is 1.81 bits per heavy atom. The third-order valence-corrected chi connectivity index (χ3v) is 1.57. The van der Waals surface area contributed by atoms with E-state index in [1.54, 1.807) is 20.8 Å². The van der Waals surface area contributed by atoms with E-state index in [0.717, 1.165) is 0 Å². The van der Waals surface area contributed by atoms with Gasteiger partial charge in [0.15, 0.2) is 0 Å². The minimum absolute atomic E-state index is 0. The lowest BCUT2D eigenvalue weighted by molar-refractivity contribution is -0.139. The van der Waals surface area contributed by atoms with E-state index in [1.807, 2.05) is 0 Å². The third kappa shape index (κ3) is 7.30. The van der Waals surface area contributed by atoms with Gasteiger partial charge < -0.3 is 20.9 Å². The fourth-order valence-corrected chi connectivity index (χ4v) is 0.797. The van der Waals surface area contributed by atoms with Gasteiger partial charge in [-0.05, 0) is 27.7 Å². The summed E-state index contributed by atoms with van der Waals surface area (Å²) in [6.07, 6.45) is -0.674. The van der Waals surface area contributed by atoms with Crippen LogP contribution in [0.3, 0.4) is 0 Å². The van der Waals surface area contributed by atoms with E-state index in [4.69, 9.17) is 15.6 Å². The molecule has 0 fully saturated rings. The average Bonchev–Trinajstić information content (AvgIpc) is 1.98. The zero-order valence-electron chi connectivity index (χ0n) is 9.81. The van der Waals surface area contributed by atoms with Gasteiger partial charge in [-0.1, -0.05) is 0 Å². The second-order valence-electron chi connectivity index (χ2n) is 4.30. The van der Waals surface area contributed by atoms with Crippen LogP contribution in [-0.4, -0.2) is 34.9 Å². The molecule has 2 atom stereocenters. The summed E-state index contributed by atoms with van der Waals surface area (Å²) in [6, 6.07) is -1.82. The minimum atomic E-state index is -1.17. The van der Waals surface area contributed by atoms with Gasteiger partial charge in [-0.3, -0.25) is 4.79 Å². The fourth-order valence-electron chi connectivity index (χ4n) is 0.797. The fraction of sp³-hybridized carbons (Fsp3) is 0.778. The number of halogens is 1. The van der Waals surface area contributed by atoms with Crippen molar-refractivity contribution < 1.29 is 19.4 Å². The monoisotopic (exact) mass is 254 g/mol. The molecule has 6 nitrogen and oxygen atoms in total. The van der Waals surface area contributed by atoms with Crippen molar-refractivity contribution in [1.29, 1.82) is 0 Å². The van der Waals surface area contributed by atoms with E-state index in [2.05, 4.69) is 5.32 Å². The number of alkyl carbamates (subject to hydrolysis) is 1. The second-order valence-corrected chi connectivity index (χ2v) is 4.30. The van der Waals surface area contributed by atoms with E-state index >= 15 is 0 Å². The number of hydrogen-bond donors (Lipinski definition) is 3. The predicted molar refractivity (Wildman–Crippen MR) is 61.7 cm³/mol. The number of hydrogen-bond acceptors (Lipinski definition) is 4. The first kappa shape index (κ1) is 17.4. The summed E-state index contributed by atoms with van der Waals surface area (Å²) in [4.78, 5) is 21.7. The summed E-state index contributed by atoms with van der Waals surface area (Å²) in [5.74, 6) is -1.17. The molecule has 16 heavy (non-hydrogen) atoms. The van der Waals surface area contributed by atoms with Crippen LogP contribution in [0.25, 0.3) is 0 Å². The van der Waals surface area contributed by atoms with Crippen molar-refractivity contribution in [2.24, 2.45) is 5.73 Å². The van der Waals surface area contributed by atoms with Crippen molar-refractivity contribution in [2.45, 2.75) is 45.4 Å². The van der Waals surface area contributed by atoms with Gasteiger partial charge in [0.2, 0.25) is 0 Å². The van der Waals surface area contributed by atoms with Crippen LogP contribution in [0.4, 0.5) is 4.79 Å². The molecule has 0 bridgehead atoms. The molecular formula is C9H19ClN2O4. The quantitative estimate of drug-likeness (QED) is 0.689. The molecule has 0 aliphatic heterocycles. The summed E-state index contributed by atoms with van der Waals surface area (Å²) in [7, 11) is 0. The standard InChI is InChI=1S/C9H18N2O4.ClH/c1-5(6(10)7(12)13)11-8(14)15-9(2,3)4;/h5-6H,10H2,1-4H3,(H,11,14)(H,12,13);1H.